The number of hydrogen-bond acceptors (Lipinski definition) is 4. The van der Waals surface area contributed by atoms with Crippen LogP contribution in [0, 0.1) is 0 Å². The van der Waals surface area contributed by atoms with Gasteiger partial charge in [-0.05, 0) is 32.6 Å². The molecule has 0 aliphatic heterocycles. The summed E-state index contributed by atoms with van der Waals surface area (Å²) in [5, 5.41) is 32.6. The zero-order valence-electron chi connectivity index (χ0n) is 23.1. The van der Waals surface area contributed by atoms with Crippen LogP contribution in [-0.4, -0.2) is 45.7 Å². The average molecular weight is 479 g/mol. The Morgan fingerprint density at radius 3 is 1.00 bits per heavy atom. The Kier molecular flexibility index (Phi) is 49.9. The van der Waals surface area contributed by atoms with Gasteiger partial charge in [0, 0.05) is 19.6 Å². The average Bonchev–Trinajstić information content (AvgIpc) is 2.82. The van der Waals surface area contributed by atoms with E-state index in [1.165, 1.54) is 83.5 Å². The van der Waals surface area contributed by atoms with Crippen LogP contribution < -0.4 is 0 Å². The molecule has 0 saturated heterocycles. The van der Waals surface area contributed by atoms with Crippen molar-refractivity contribution in [2.45, 2.75) is 163 Å². The van der Waals surface area contributed by atoms with Crippen molar-refractivity contribution in [3.63, 3.8) is 0 Å². The number of hydrogen-bond donors (Lipinski definition) is 4. The summed E-state index contributed by atoms with van der Waals surface area (Å²) in [5.74, 6) is -0.653. The van der Waals surface area contributed by atoms with Gasteiger partial charge in [0.05, 0.1) is 6.10 Å². The van der Waals surface area contributed by atoms with E-state index in [1.54, 1.807) is 6.92 Å². The first-order chi connectivity index (χ1) is 15.9. The maximum atomic E-state index is 10.3. The highest BCUT2D eigenvalue weighted by Gasteiger charge is 1.97. The number of carboxylic acids is 1. The summed E-state index contributed by atoms with van der Waals surface area (Å²) >= 11 is 0. The first-order valence-electron chi connectivity index (χ1n) is 14.0. The number of carbonyl (C=O) groups is 1. The summed E-state index contributed by atoms with van der Waals surface area (Å²) in [6.07, 6.45) is 22.7. The van der Waals surface area contributed by atoms with Gasteiger partial charge in [-0.2, -0.15) is 0 Å². The molecule has 0 bridgehead atoms. The van der Waals surface area contributed by atoms with Gasteiger partial charge in [-0.3, -0.25) is 4.79 Å². The van der Waals surface area contributed by atoms with Crippen molar-refractivity contribution < 1.29 is 25.2 Å². The van der Waals surface area contributed by atoms with Crippen LogP contribution in [0.4, 0.5) is 0 Å². The van der Waals surface area contributed by atoms with E-state index in [1.807, 2.05) is 20.8 Å². The monoisotopic (exact) mass is 478 g/mol. The standard InChI is InChI=1S/C18H36O2.C4H10O.2C3H8O/c1-2-3-4-5-6-7-8-9-10-11-12-13-14-15-16-17-18(19)20;1-3-4(2)5;2*1-2-3-4/h2-17H2,1H3,(H,19,20);4-5H,3H2,1-2H3;2*4H,2-3H2,1H3. The summed E-state index contributed by atoms with van der Waals surface area (Å²) in [5.41, 5.74) is 0. The first kappa shape index (κ1) is 39.6. The van der Waals surface area contributed by atoms with Gasteiger partial charge in [0.15, 0.2) is 0 Å². The predicted molar refractivity (Wildman–Crippen MR) is 144 cm³/mol. The summed E-state index contributed by atoms with van der Waals surface area (Å²) in [6.45, 7) is 10.5. The lowest BCUT2D eigenvalue weighted by Gasteiger charge is -2.03. The van der Waals surface area contributed by atoms with Gasteiger partial charge >= 0.3 is 5.97 Å². The van der Waals surface area contributed by atoms with Crippen molar-refractivity contribution >= 4 is 5.97 Å². The molecule has 0 aromatic heterocycles. The lowest BCUT2D eigenvalue weighted by Crippen LogP contribution is -1.93. The molecule has 0 rings (SSSR count). The quantitative estimate of drug-likeness (QED) is 0.141. The smallest absolute Gasteiger partial charge is 0.303 e. The van der Waals surface area contributed by atoms with Crippen molar-refractivity contribution in [1.29, 1.82) is 0 Å². The lowest BCUT2D eigenvalue weighted by molar-refractivity contribution is -0.137. The van der Waals surface area contributed by atoms with Crippen molar-refractivity contribution in [3.8, 4) is 0 Å². The summed E-state index contributed by atoms with van der Waals surface area (Å²) in [7, 11) is 0. The molecule has 0 saturated carbocycles. The van der Waals surface area contributed by atoms with Crippen LogP contribution in [0.2, 0.25) is 0 Å². The van der Waals surface area contributed by atoms with E-state index in [2.05, 4.69) is 6.92 Å². The number of unbranched alkanes of at least 4 members (excludes halogenated alkanes) is 14. The second-order valence-electron chi connectivity index (χ2n) is 8.80. The SMILES string of the molecule is CCC(C)O.CCCCCCCCCCCCCCCCCC(=O)O.CCCO.CCCO. The molecule has 0 heterocycles. The molecule has 1 unspecified atom stereocenters. The van der Waals surface area contributed by atoms with Crippen LogP contribution in [0.5, 0.6) is 0 Å². The number of aliphatic hydroxyl groups is 3. The number of rotatable bonds is 19. The van der Waals surface area contributed by atoms with Gasteiger partial charge in [0.2, 0.25) is 0 Å². The Bertz CT molecular complexity index is 301. The number of carboxylic acid groups (broad SMARTS) is 1. The summed E-state index contributed by atoms with van der Waals surface area (Å²) in [6, 6.07) is 0. The largest absolute Gasteiger partial charge is 0.481 e. The second-order valence-corrected chi connectivity index (χ2v) is 8.80. The maximum Gasteiger partial charge on any atom is 0.303 e. The van der Waals surface area contributed by atoms with Crippen LogP contribution in [0.15, 0.2) is 0 Å². The minimum absolute atomic E-state index is 0.116. The third-order valence-electron chi connectivity index (χ3n) is 5.03. The van der Waals surface area contributed by atoms with E-state index in [0.717, 1.165) is 32.1 Å². The fourth-order valence-corrected chi connectivity index (χ4v) is 2.65. The second kappa shape index (κ2) is 41.6. The molecular formula is C28H62O5. The van der Waals surface area contributed by atoms with E-state index in [9.17, 15) is 4.79 Å². The van der Waals surface area contributed by atoms with Gasteiger partial charge in [0.25, 0.3) is 0 Å². The lowest BCUT2D eigenvalue weighted by atomic mass is 10.0. The zero-order valence-corrected chi connectivity index (χ0v) is 23.1. The van der Waals surface area contributed by atoms with E-state index >= 15 is 0 Å². The molecule has 0 aromatic rings. The Hall–Kier alpha value is -0.650. The predicted octanol–water partition coefficient (Wildman–Crippen LogP) is 7.89. The third-order valence-corrected chi connectivity index (χ3v) is 5.03. The van der Waals surface area contributed by atoms with Crippen molar-refractivity contribution in [3.05, 3.63) is 0 Å². The maximum absolute atomic E-state index is 10.3. The highest BCUT2D eigenvalue weighted by atomic mass is 16.4. The topological polar surface area (TPSA) is 98.0 Å². The van der Waals surface area contributed by atoms with Crippen molar-refractivity contribution in [1.82, 2.24) is 0 Å². The number of aliphatic carboxylic acids is 1. The Labute approximate surface area is 207 Å². The molecule has 0 radical (unpaired) electrons. The molecule has 0 aliphatic rings. The van der Waals surface area contributed by atoms with E-state index < -0.39 is 5.97 Å². The van der Waals surface area contributed by atoms with Crippen LogP contribution in [-0.2, 0) is 4.79 Å². The van der Waals surface area contributed by atoms with Gasteiger partial charge < -0.3 is 20.4 Å². The van der Waals surface area contributed by atoms with Crippen LogP contribution >= 0.6 is 0 Å². The molecule has 204 valence electrons. The number of aliphatic hydroxyl groups excluding tert-OH is 3. The van der Waals surface area contributed by atoms with Crippen molar-refractivity contribution in [2.75, 3.05) is 13.2 Å². The normalized spacial score (nSPS) is 10.7. The summed E-state index contributed by atoms with van der Waals surface area (Å²) < 4.78 is 0. The molecule has 5 heteroatoms. The fourth-order valence-electron chi connectivity index (χ4n) is 2.65. The molecule has 33 heavy (non-hydrogen) atoms. The molecular weight excluding hydrogens is 416 g/mol. The molecule has 1 atom stereocenters. The van der Waals surface area contributed by atoms with Gasteiger partial charge in [-0.25, -0.2) is 0 Å². The fraction of sp³-hybridized carbons (Fsp3) is 0.964. The molecule has 5 nitrogen and oxygen atoms in total. The molecule has 4 N–H and O–H groups in total. The van der Waals surface area contributed by atoms with E-state index in [-0.39, 0.29) is 6.10 Å². The minimum atomic E-state index is -0.653. The van der Waals surface area contributed by atoms with Gasteiger partial charge in [-0.15, -0.1) is 0 Å². The molecule has 0 aliphatic carbocycles. The van der Waals surface area contributed by atoms with E-state index in [0.29, 0.717) is 19.6 Å². The Morgan fingerprint density at radius 1 is 0.576 bits per heavy atom. The van der Waals surface area contributed by atoms with Gasteiger partial charge in [0.1, 0.15) is 0 Å². The molecule has 0 aromatic carbocycles. The van der Waals surface area contributed by atoms with Crippen LogP contribution in [0.25, 0.3) is 0 Å². The highest BCUT2D eigenvalue weighted by Crippen LogP contribution is 2.13. The molecule has 0 spiro atoms. The zero-order chi connectivity index (χ0) is 26.0. The van der Waals surface area contributed by atoms with E-state index in [4.69, 9.17) is 20.4 Å². The molecule has 0 fully saturated rings. The first-order valence-corrected chi connectivity index (χ1v) is 14.0. The van der Waals surface area contributed by atoms with Crippen LogP contribution in [0.1, 0.15) is 157 Å². The Balaban J connectivity index is -0.000000263. The summed E-state index contributed by atoms with van der Waals surface area (Å²) in [4.78, 5) is 10.3. The third kappa shape index (κ3) is 65.2. The molecule has 0 amide bonds. The van der Waals surface area contributed by atoms with Gasteiger partial charge in [-0.1, -0.05) is 118 Å². The highest BCUT2D eigenvalue weighted by molar-refractivity contribution is 5.66. The Morgan fingerprint density at radius 2 is 0.818 bits per heavy atom. The minimum Gasteiger partial charge on any atom is -0.481 e. The van der Waals surface area contributed by atoms with Crippen molar-refractivity contribution in [2.24, 2.45) is 0 Å². The van der Waals surface area contributed by atoms with Crippen LogP contribution in [0.3, 0.4) is 0 Å².